The zero-order valence-corrected chi connectivity index (χ0v) is 7.05. The molecule has 0 aliphatic heterocycles. The molecule has 1 N–H and O–H groups in total. The van der Waals surface area contributed by atoms with Gasteiger partial charge in [-0.1, -0.05) is 16.6 Å². The number of allylic oxidation sites excluding steroid dienone is 2. The van der Waals surface area contributed by atoms with E-state index in [0.29, 0.717) is 0 Å². The molecule has 0 aliphatic rings. The molecule has 2 nitrogen and oxygen atoms in total. The van der Waals surface area contributed by atoms with Crippen LogP contribution in [-0.2, 0) is 4.79 Å². The van der Waals surface area contributed by atoms with Crippen LogP contribution in [0.2, 0.25) is 0 Å². The van der Waals surface area contributed by atoms with Crippen LogP contribution in [0.3, 0.4) is 0 Å². The van der Waals surface area contributed by atoms with Crippen LogP contribution in [0.5, 0.6) is 0 Å². The molecule has 0 heterocycles. The van der Waals surface area contributed by atoms with Gasteiger partial charge in [0.05, 0.1) is 0 Å². The van der Waals surface area contributed by atoms with Crippen LogP contribution in [0.4, 0.5) is 0 Å². The Morgan fingerprint density at radius 1 is 1.56 bits per heavy atom. The van der Waals surface area contributed by atoms with E-state index in [1.54, 1.807) is 11.0 Å². The maximum atomic E-state index is 10.1. The third-order valence-electron chi connectivity index (χ3n) is 0.634. The molecule has 0 fully saturated rings. The highest BCUT2D eigenvalue weighted by Crippen LogP contribution is 1.86. The van der Waals surface area contributed by atoms with Crippen molar-refractivity contribution in [3.05, 3.63) is 21.5 Å². The molecule has 4 radical (unpaired) electrons. The Bertz CT molecular complexity index is 160. The van der Waals surface area contributed by atoms with Gasteiger partial charge in [0, 0.05) is 0 Å². The Hall–Kier alpha value is 0.0149. The highest BCUT2D eigenvalue weighted by atomic mass is 27.0. The molecule has 0 saturated heterocycles. The van der Waals surface area contributed by atoms with E-state index in [4.69, 9.17) is 5.11 Å². The highest BCUT2D eigenvalue weighted by molar-refractivity contribution is 6.35. The van der Waals surface area contributed by atoms with Crippen molar-refractivity contribution in [2.24, 2.45) is 0 Å². The second kappa shape index (κ2) is 4.85. The molecule has 42 valence electrons. The van der Waals surface area contributed by atoms with Crippen LogP contribution >= 0.6 is 0 Å². The molecule has 0 rings (SSSR count). The lowest BCUT2D eigenvalue weighted by Gasteiger charge is -1.87. The summed E-state index contributed by atoms with van der Waals surface area (Å²) in [7, 11) is 0. The summed E-state index contributed by atoms with van der Waals surface area (Å²) in [5.74, 6) is -0.914. The van der Waals surface area contributed by atoms with E-state index < -0.39 is 5.97 Å². The molecule has 0 spiro atoms. The molecule has 0 bridgehead atoms. The van der Waals surface area contributed by atoms with Crippen molar-refractivity contribution < 1.29 is 9.90 Å². The zero-order chi connectivity index (χ0) is 7.28. The topological polar surface area (TPSA) is 37.3 Å². The smallest absolute Gasteiger partial charge is 0.312 e. The highest BCUT2D eigenvalue weighted by Gasteiger charge is 1.92. The van der Waals surface area contributed by atoms with Crippen LogP contribution < -0.4 is 0 Å². The Morgan fingerprint density at radius 2 is 2.11 bits per heavy atom. The minimum atomic E-state index is -0.914. The summed E-state index contributed by atoms with van der Waals surface area (Å²) in [6, 6.07) is 0. The Kier molecular flexibility index (Phi) is 4.86. The predicted octanol–water partition coefficient (Wildman–Crippen LogP) is -0.194. The van der Waals surface area contributed by atoms with Gasteiger partial charge in [0.1, 0.15) is 0 Å². The van der Waals surface area contributed by atoms with Gasteiger partial charge in [-0.3, -0.25) is 0 Å². The first-order valence-corrected chi connectivity index (χ1v) is 3.50. The van der Waals surface area contributed by atoms with E-state index in [2.05, 4.69) is 32.6 Å². The second-order valence-corrected chi connectivity index (χ2v) is 2.32. The average molecular weight is 150 g/mol. The molecule has 0 aromatic rings. The van der Waals surface area contributed by atoms with Crippen molar-refractivity contribution in [3.8, 4) is 0 Å². The Labute approximate surface area is 70.1 Å². The molecule has 0 aromatic carbocycles. The second-order valence-electron chi connectivity index (χ2n) is 1.31. The van der Waals surface area contributed by atoms with Crippen molar-refractivity contribution in [2.75, 3.05) is 0 Å². The van der Waals surface area contributed by atoms with Gasteiger partial charge in [0.2, 0.25) is 0 Å². The monoisotopic (exact) mass is 150 g/mol. The van der Waals surface area contributed by atoms with Gasteiger partial charge >= 0.3 is 5.97 Å². The fourth-order valence-corrected chi connectivity index (χ4v) is 0.453. The van der Waals surface area contributed by atoms with Gasteiger partial charge in [-0.15, -0.1) is 0 Å². The lowest BCUT2D eigenvalue weighted by atomic mass is 10.5. The zero-order valence-electron chi connectivity index (χ0n) is 4.74. The summed E-state index contributed by atoms with van der Waals surface area (Å²) in [5.41, 5.74) is 0. The number of aliphatic carboxylic acids is 1. The van der Waals surface area contributed by atoms with Gasteiger partial charge < -0.3 is 5.11 Å². The molecule has 0 aliphatic carbocycles. The summed E-state index contributed by atoms with van der Waals surface area (Å²) in [4.78, 5) is 11.8. The van der Waals surface area contributed by atoms with Crippen molar-refractivity contribution in [1.82, 2.24) is 0 Å². The first-order chi connectivity index (χ1) is 4.18. The van der Waals surface area contributed by atoms with Crippen molar-refractivity contribution in [1.29, 1.82) is 0 Å². The molecule has 0 amide bonds. The van der Waals surface area contributed by atoms with E-state index in [0.717, 1.165) is 0 Å². The predicted molar refractivity (Wildman–Crippen MR) is 36.4 cm³/mol. The minimum Gasteiger partial charge on any atom is -0.479 e. The Morgan fingerprint density at radius 3 is 2.44 bits per heavy atom. The maximum absolute atomic E-state index is 10.1. The van der Waals surface area contributed by atoms with E-state index in [-0.39, 0.29) is 4.44 Å². The van der Waals surface area contributed by atoms with E-state index in [1.807, 2.05) is 0 Å². The summed E-state index contributed by atoms with van der Waals surface area (Å²) in [5, 5.41) is 8.28. The van der Waals surface area contributed by atoms with Crippen molar-refractivity contribution in [2.45, 2.75) is 0 Å². The number of carbonyl (C=O) groups is 1. The third kappa shape index (κ3) is 4.51. The van der Waals surface area contributed by atoms with E-state index >= 15 is 0 Å². The van der Waals surface area contributed by atoms with Crippen LogP contribution in [0.25, 0.3) is 0 Å². The standard InChI is InChI=1S/C5H4O2.2Al/c1-2-3-4-5(6)7;;/h1-3H,(H,6,7);;. The lowest BCUT2D eigenvalue weighted by Crippen LogP contribution is -1.98. The summed E-state index contributed by atoms with van der Waals surface area (Å²) in [6.07, 6.45) is 3.14. The average Bonchev–Trinajstić information content (AvgIpc) is 1.82. The Balaban J connectivity index is 4.00. The summed E-state index contributed by atoms with van der Waals surface area (Å²) >= 11 is 4.47. The first-order valence-electron chi connectivity index (χ1n) is 2.26. The van der Waals surface area contributed by atoms with Crippen LogP contribution in [0.1, 0.15) is 0 Å². The molecule has 0 atom stereocenters. The van der Waals surface area contributed by atoms with Crippen LogP contribution in [0, 0.1) is 0 Å². The number of carboxylic acids is 1. The molecule has 0 saturated carbocycles. The van der Waals surface area contributed by atoms with Crippen LogP contribution in [0.15, 0.2) is 21.5 Å². The number of carboxylic acid groups (broad SMARTS) is 1. The van der Waals surface area contributed by atoms with E-state index in [9.17, 15) is 4.79 Å². The molecular weight excluding hydrogens is 146 g/mol. The molecule has 9 heavy (non-hydrogen) atoms. The molecular formula is C5H4Al2O2. The third-order valence-corrected chi connectivity index (χ3v) is 1.30. The summed E-state index contributed by atoms with van der Waals surface area (Å²) in [6.45, 7) is 0. The first kappa shape index (κ1) is 9.01. The fourth-order valence-electron chi connectivity index (χ4n) is 0.231. The van der Waals surface area contributed by atoms with Gasteiger partial charge in [-0.2, -0.15) is 4.94 Å². The molecule has 4 heteroatoms. The quantitative estimate of drug-likeness (QED) is 0.336. The van der Waals surface area contributed by atoms with Crippen LogP contribution in [-0.4, -0.2) is 43.7 Å². The minimum absolute atomic E-state index is 0.258. The number of hydrogen-bond acceptors (Lipinski definition) is 1. The normalized spacial score (nSPS) is 12.2. The largest absolute Gasteiger partial charge is 0.479 e. The van der Waals surface area contributed by atoms with Crippen molar-refractivity contribution >= 4 is 38.5 Å². The number of hydrogen-bond donors (Lipinski definition) is 1. The van der Waals surface area contributed by atoms with Gasteiger partial charge in [-0.05, 0) is 0 Å². The molecule has 0 aromatic heterocycles. The maximum Gasteiger partial charge on any atom is 0.312 e. The fraction of sp³-hybridized carbons (Fsp3) is 0. The van der Waals surface area contributed by atoms with E-state index in [1.165, 1.54) is 6.08 Å². The van der Waals surface area contributed by atoms with Gasteiger partial charge in [0.25, 0.3) is 0 Å². The van der Waals surface area contributed by atoms with Gasteiger partial charge in [-0.25, -0.2) is 4.79 Å². The summed E-state index contributed by atoms with van der Waals surface area (Å²) < 4.78 is 0.258. The molecule has 0 unspecified atom stereocenters. The van der Waals surface area contributed by atoms with Crippen molar-refractivity contribution in [3.63, 3.8) is 0 Å². The SMILES string of the molecule is O=C(O)[C]([Al])=CC=[CH][Al]. The van der Waals surface area contributed by atoms with Gasteiger partial charge in [0.15, 0.2) is 32.6 Å². The lowest BCUT2D eigenvalue weighted by molar-refractivity contribution is -0.131. The number of rotatable bonds is 2.